The number of piperidine rings is 2. The third-order valence-electron chi connectivity index (χ3n) is 13.5. The molecule has 2 saturated carbocycles. The number of carbonyl (C=O) groups is 5. The quantitative estimate of drug-likeness (QED) is 0.287. The monoisotopic (exact) mass is 821 g/mol. The molecular formula is C43H48ClN9O6. The van der Waals surface area contributed by atoms with Crippen molar-refractivity contribution in [2.75, 3.05) is 37.6 Å². The molecule has 6 aliphatic rings. The summed E-state index contributed by atoms with van der Waals surface area (Å²) in [5.74, 6) is -0.695. The van der Waals surface area contributed by atoms with Crippen LogP contribution in [0, 0.1) is 22.7 Å². The van der Waals surface area contributed by atoms with Gasteiger partial charge in [-0.2, -0.15) is 5.26 Å². The summed E-state index contributed by atoms with van der Waals surface area (Å²) in [7, 11) is 0. The zero-order chi connectivity index (χ0) is 40.8. The molecule has 2 N–H and O–H groups in total. The minimum absolute atomic E-state index is 0.0253. The molecule has 1 unspecified atom stereocenters. The summed E-state index contributed by atoms with van der Waals surface area (Å²) in [5, 5.41) is 19.5. The average Bonchev–Trinajstić information content (AvgIpc) is 3.81. The van der Waals surface area contributed by atoms with Crippen molar-refractivity contribution in [1.29, 1.82) is 5.26 Å². The predicted molar refractivity (Wildman–Crippen MR) is 215 cm³/mol. The second-order valence-corrected chi connectivity index (χ2v) is 17.8. The van der Waals surface area contributed by atoms with E-state index in [9.17, 15) is 24.0 Å². The fourth-order valence-electron chi connectivity index (χ4n) is 10.1. The SMILES string of the molecule is N#Cc1ccc(OC2CCC(NC(=O)c3ncn(C4CCC(CN5CCC6(CC5)CN(c5ccc7c(c5)C(=O)N(C5CCC(=O)NC5=O)C7=O)C6)CC4)n3)CC2)cc1Cl. The summed E-state index contributed by atoms with van der Waals surface area (Å²) in [6.07, 6.45) is 11.6. The van der Waals surface area contributed by atoms with E-state index in [1.54, 1.807) is 36.7 Å². The van der Waals surface area contributed by atoms with Crippen LogP contribution in [0.2, 0.25) is 5.02 Å². The van der Waals surface area contributed by atoms with Crippen LogP contribution in [0.3, 0.4) is 0 Å². The third-order valence-corrected chi connectivity index (χ3v) is 13.9. The molecule has 9 rings (SSSR count). The minimum atomic E-state index is -0.965. The number of anilines is 1. The second kappa shape index (κ2) is 16.0. The lowest BCUT2D eigenvalue weighted by molar-refractivity contribution is -0.136. The van der Waals surface area contributed by atoms with Crippen LogP contribution in [0.1, 0.15) is 120 Å². The third kappa shape index (κ3) is 7.92. The normalized spacial score (nSPS) is 26.9. The standard InChI is InChI=1S/C43H48ClN9O6/c44-35-20-32(9-3-27(35)21-45)59-31-10-4-28(5-11-31)47-40(56)38-46-25-52(49-38)29-6-1-26(2-7-29)22-50-17-15-43(16-18-50)23-51(24-43)30-8-12-33-34(19-30)42(58)53(41(33)57)36-13-14-37(54)48-39(36)55/h3,8-9,12,19-20,25-26,28-29,31,36H,1-2,4-7,10-11,13-18,22-24H2,(H,47,56)(H,48,54,55). The lowest BCUT2D eigenvalue weighted by atomic mass is 9.71. The highest BCUT2D eigenvalue weighted by Crippen LogP contribution is 2.44. The number of rotatable bonds is 9. The first-order valence-corrected chi connectivity index (χ1v) is 21.3. The highest BCUT2D eigenvalue weighted by atomic mass is 35.5. The largest absolute Gasteiger partial charge is 0.490 e. The maximum absolute atomic E-state index is 13.3. The molecule has 1 aromatic heterocycles. The van der Waals surface area contributed by atoms with Gasteiger partial charge in [0.1, 0.15) is 24.2 Å². The molecule has 2 aromatic carbocycles. The van der Waals surface area contributed by atoms with E-state index in [0.717, 1.165) is 108 Å². The molecule has 0 radical (unpaired) electrons. The van der Waals surface area contributed by atoms with Gasteiger partial charge in [0.05, 0.1) is 33.9 Å². The van der Waals surface area contributed by atoms with Crippen LogP contribution >= 0.6 is 11.6 Å². The summed E-state index contributed by atoms with van der Waals surface area (Å²) in [4.78, 5) is 73.9. The fraction of sp³-hybridized carbons (Fsp3) is 0.535. The number of imide groups is 2. The van der Waals surface area contributed by atoms with Crippen molar-refractivity contribution >= 4 is 46.8 Å². The number of nitrogens with zero attached hydrogens (tertiary/aromatic N) is 7. The highest BCUT2D eigenvalue weighted by molar-refractivity contribution is 6.31. The van der Waals surface area contributed by atoms with E-state index in [2.05, 4.69) is 36.6 Å². The van der Waals surface area contributed by atoms with E-state index >= 15 is 0 Å². The summed E-state index contributed by atoms with van der Waals surface area (Å²) in [5.41, 5.74) is 2.21. The molecule has 59 heavy (non-hydrogen) atoms. The Kier molecular flexibility index (Phi) is 10.6. The Morgan fingerprint density at radius 2 is 1.68 bits per heavy atom. The Bertz CT molecular complexity index is 2210. The number of likely N-dealkylation sites (tertiary alicyclic amines) is 1. The van der Waals surface area contributed by atoms with Crippen molar-refractivity contribution < 1.29 is 28.7 Å². The first-order chi connectivity index (χ1) is 28.5. The van der Waals surface area contributed by atoms with Gasteiger partial charge in [0.25, 0.3) is 17.7 Å². The van der Waals surface area contributed by atoms with Gasteiger partial charge in [-0.15, -0.1) is 5.10 Å². The van der Waals surface area contributed by atoms with Crippen LogP contribution in [0.4, 0.5) is 5.69 Å². The molecule has 16 heteroatoms. The summed E-state index contributed by atoms with van der Waals surface area (Å²) < 4.78 is 7.98. The summed E-state index contributed by atoms with van der Waals surface area (Å²) >= 11 is 6.16. The minimum Gasteiger partial charge on any atom is -0.490 e. The van der Waals surface area contributed by atoms with Gasteiger partial charge in [-0.3, -0.25) is 34.2 Å². The average molecular weight is 822 g/mol. The number of amides is 5. The van der Waals surface area contributed by atoms with Gasteiger partial charge in [0.2, 0.25) is 17.6 Å². The number of ether oxygens (including phenoxy) is 1. The summed E-state index contributed by atoms with van der Waals surface area (Å²) in [6.45, 7) is 5.04. The van der Waals surface area contributed by atoms with E-state index in [0.29, 0.717) is 33.4 Å². The molecule has 1 spiro atoms. The van der Waals surface area contributed by atoms with E-state index in [-0.39, 0.29) is 54.1 Å². The molecule has 5 fully saturated rings. The van der Waals surface area contributed by atoms with Gasteiger partial charge in [0, 0.05) is 49.3 Å². The molecule has 308 valence electrons. The number of nitrogens with one attached hydrogen (secondary N) is 2. The Labute approximate surface area is 347 Å². The van der Waals surface area contributed by atoms with Crippen molar-refractivity contribution in [3.63, 3.8) is 0 Å². The van der Waals surface area contributed by atoms with Gasteiger partial charge in [-0.25, -0.2) is 9.67 Å². The Hall–Kier alpha value is -5.33. The lowest BCUT2D eigenvalue weighted by Gasteiger charge is -2.55. The van der Waals surface area contributed by atoms with Gasteiger partial charge in [-0.05, 0) is 120 Å². The van der Waals surface area contributed by atoms with Crippen LogP contribution in [-0.4, -0.2) is 105 Å². The molecule has 3 saturated heterocycles. The Morgan fingerprint density at radius 3 is 2.39 bits per heavy atom. The molecule has 5 heterocycles. The van der Waals surface area contributed by atoms with E-state index in [1.165, 1.54) is 0 Å². The van der Waals surface area contributed by atoms with Crippen molar-refractivity contribution in [3.05, 3.63) is 70.3 Å². The van der Waals surface area contributed by atoms with Gasteiger partial charge in [-0.1, -0.05) is 11.6 Å². The lowest BCUT2D eigenvalue weighted by Crippen LogP contribution is -2.60. The molecule has 1 atom stereocenters. The summed E-state index contributed by atoms with van der Waals surface area (Å²) in [6, 6.07) is 11.9. The smallest absolute Gasteiger partial charge is 0.291 e. The predicted octanol–water partition coefficient (Wildman–Crippen LogP) is 4.66. The number of halogens is 1. The van der Waals surface area contributed by atoms with Crippen molar-refractivity contribution in [2.45, 2.75) is 101 Å². The zero-order valence-corrected chi connectivity index (χ0v) is 33.7. The van der Waals surface area contributed by atoms with Crippen molar-refractivity contribution in [2.24, 2.45) is 11.3 Å². The molecule has 3 aromatic rings. The van der Waals surface area contributed by atoms with Gasteiger partial charge < -0.3 is 19.9 Å². The number of carbonyl (C=O) groups excluding carboxylic acids is 5. The van der Waals surface area contributed by atoms with Crippen LogP contribution in [0.5, 0.6) is 5.75 Å². The van der Waals surface area contributed by atoms with Gasteiger partial charge >= 0.3 is 0 Å². The molecule has 2 aliphatic carbocycles. The first-order valence-electron chi connectivity index (χ1n) is 21.0. The number of nitriles is 1. The van der Waals surface area contributed by atoms with E-state index < -0.39 is 23.8 Å². The number of fused-ring (bicyclic) bond motifs is 1. The molecule has 0 bridgehead atoms. The zero-order valence-electron chi connectivity index (χ0n) is 32.9. The van der Waals surface area contributed by atoms with Crippen molar-refractivity contribution in [1.82, 2.24) is 35.2 Å². The second-order valence-electron chi connectivity index (χ2n) is 17.4. The maximum atomic E-state index is 13.3. The van der Waals surface area contributed by atoms with Crippen LogP contribution in [0.25, 0.3) is 0 Å². The topological polar surface area (TPSA) is 183 Å². The fourth-order valence-corrected chi connectivity index (χ4v) is 10.3. The molecule has 4 aliphatic heterocycles. The maximum Gasteiger partial charge on any atom is 0.291 e. The number of hydrogen-bond acceptors (Lipinski definition) is 11. The highest BCUT2D eigenvalue weighted by Gasteiger charge is 2.47. The van der Waals surface area contributed by atoms with Crippen LogP contribution in [-0.2, 0) is 9.59 Å². The number of benzene rings is 2. The van der Waals surface area contributed by atoms with Crippen molar-refractivity contribution in [3.8, 4) is 11.8 Å². The van der Waals surface area contributed by atoms with Crippen LogP contribution in [0.15, 0.2) is 42.7 Å². The van der Waals surface area contributed by atoms with E-state index in [1.807, 2.05) is 10.7 Å². The van der Waals surface area contributed by atoms with E-state index in [4.69, 9.17) is 21.6 Å². The van der Waals surface area contributed by atoms with Crippen LogP contribution < -0.4 is 20.3 Å². The number of aromatic nitrogens is 3. The molecule has 5 amide bonds. The first kappa shape index (κ1) is 39.1. The van der Waals surface area contributed by atoms with Gasteiger partial charge in [0.15, 0.2) is 0 Å². The molecular weight excluding hydrogens is 774 g/mol. The number of hydrogen-bond donors (Lipinski definition) is 2. The Balaban J connectivity index is 0.687. The Morgan fingerprint density at radius 1 is 0.932 bits per heavy atom. The molecule has 15 nitrogen and oxygen atoms in total.